The fraction of sp³-hybridized carbons (Fsp3) is 0.286. The summed E-state index contributed by atoms with van der Waals surface area (Å²) in [5, 5.41) is 4.46. The maximum absolute atomic E-state index is 13.7. The van der Waals surface area contributed by atoms with E-state index in [-0.39, 0.29) is 16.5 Å². The molecule has 1 aromatic carbocycles. The number of carbonyl (C=O) groups is 1. The molecule has 2 aromatic rings. The van der Waals surface area contributed by atoms with Crippen molar-refractivity contribution in [2.24, 2.45) is 0 Å². The molecule has 1 aromatic heterocycles. The summed E-state index contributed by atoms with van der Waals surface area (Å²) in [5.74, 6) is -2.17. The first kappa shape index (κ1) is 17.4. The summed E-state index contributed by atoms with van der Waals surface area (Å²) < 4.78 is 43.1. The number of hydrogen-bond acceptors (Lipinski definition) is 5. The normalized spacial score (nSPS) is 12.9. The van der Waals surface area contributed by atoms with Crippen LogP contribution in [0.1, 0.15) is 18.2 Å². The zero-order chi connectivity index (χ0) is 17.2. The van der Waals surface area contributed by atoms with Crippen LogP contribution in [0.15, 0.2) is 28.8 Å². The molecule has 0 aliphatic heterocycles. The molecular formula is C14H14ClFN2O4S. The van der Waals surface area contributed by atoms with Crippen LogP contribution in [0.3, 0.4) is 0 Å². The molecule has 23 heavy (non-hydrogen) atoms. The summed E-state index contributed by atoms with van der Waals surface area (Å²) in [4.78, 5) is 12.0. The maximum atomic E-state index is 13.7. The van der Waals surface area contributed by atoms with Crippen molar-refractivity contribution in [2.75, 3.05) is 5.32 Å². The Kier molecular flexibility index (Phi) is 5.06. The lowest BCUT2D eigenvalue weighted by atomic mass is 10.2. The third-order valence-corrected chi connectivity index (χ3v) is 5.53. The molecule has 0 spiro atoms. The average Bonchev–Trinajstić information content (AvgIpc) is 2.87. The monoisotopic (exact) mass is 360 g/mol. The molecule has 124 valence electrons. The van der Waals surface area contributed by atoms with Crippen molar-refractivity contribution in [1.29, 1.82) is 0 Å². The van der Waals surface area contributed by atoms with Gasteiger partial charge in [0.15, 0.2) is 9.84 Å². The van der Waals surface area contributed by atoms with Gasteiger partial charge in [-0.15, -0.1) is 0 Å². The molecule has 0 aliphatic rings. The number of anilines is 1. The summed E-state index contributed by atoms with van der Waals surface area (Å²) in [6, 6.07) is 5.32. The van der Waals surface area contributed by atoms with Gasteiger partial charge in [-0.2, -0.15) is 0 Å². The highest BCUT2D eigenvalue weighted by atomic mass is 35.5. The largest absolute Gasteiger partial charge is 0.338 e. The Morgan fingerprint density at radius 1 is 1.48 bits per heavy atom. The molecule has 0 saturated carbocycles. The van der Waals surface area contributed by atoms with Crippen LogP contribution in [0.25, 0.3) is 0 Å². The second kappa shape index (κ2) is 6.67. The van der Waals surface area contributed by atoms with Crippen molar-refractivity contribution >= 4 is 33.2 Å². The first-order valence-corrected chi connectivity index (χ1v) is 8.68. The molecule has 0 saturated heterocycles. The molecule has 1 heterocycles. The van der Waals surface area contributed by atoms with Crippen LogP contribution in [-0.2, 0) is 20.4 Å². The van der Waals surface area contributed by atoms with Gasteiger partial charge in [0.2, 0.25) is 11.8 Å². The molecule has 9 heteroatoms. The van der Waals surface area contributed by atoms with Gasteiger partial charge in [0.25, 0.3) is 0 Å². The SMILES string of the molecule is Cc1cc(NC(=O)C(C)S(=O)(=O)Cc2c(F)cccc2Cl)on1. The van der Waals surface area contributed by atoms with E-state index >= 15 is 0 Å². The number of sulfone groups is 1. The number of halogens is 2. The second-order valence-corrected chi connectivity index (χ2v) is 7.70. The van der Waals surface area contributed by atoms with Crippen LogP contribution in [0.2, 0.25) is 5.02 Å². The highest BCUT2D eigenvalue weighted by Crippen LogP contribution is 2.23. The molecule has 1 unspecified atom stereocenters. The molecule has 1 N–H and O–H groups in total. The van der Waals surface area contributed by atoms with Crippen LogP contribution < -0.4 is 5.32 Å². The number of rotatable bonds is 5. The van der Waals surface area contributed by atoms with Gasteiger partial charge in [0.1, 0.15) is 11.1 Å². The van der Waals surface area contributed by atoms with E-state index in [0.717, 1.165) is 6.07 Å². The zero-order valence-corrected chi connectivity index (χ0v) is 13.9. The minimum Gasteiger partial charge on any atom is -0.338 e. The molecule has 6 nitrogen and oxygen atoms in total. The predicted octanol–water partition coefficient (Wildman–Crippen LogP) is 2.72. The number of amides is 1. The van der Waals surface area contributed by atoms with Gasteiger partial charge in [-0.3, -0.25) is 10.1 Å². The zero-order valence-electron chi connectivity index (χ0n) is 12.3. The number of aryl methyl sites for hydroxylation is 1. The van der Waals surface area contributed by atoms with Crippen molar-refractivity contribution in [2.45, 2.75) is 24.9 Å². The average molecular weight is 361 g/mol. The Labute approximate surface area is 137 Å². The van der Waals surface area contributed by atoms with E-state index in [9.17, 15) is 17.6 Å². The fourth-order valence-corrected chi connectivity index (χ4v) is 3.44. The number of hydrogen-bond donors (Lipinski definition) is 1. The standard InChI is InChI=1S/C14H14ClFN2O4S/c1-8-6-13(22-18-8)17-14(19)9(2)23(20,21)7-10-11(15)4-3-5-12(10)16/h3-6,9H,7H2,1-2H3,(H,17,19). The summed E-state index contributed by atoms with van der Waals surface area (Å²) in [6.07, 6.45) is 0. The minimum atomic E-state index is -3.97. The molecule has 0 bridgehead atoms. The summed E-state index contributed by atoms with van der Waals surface area (Å²) in [5.41, 5.74) is 0.373. The first-order chi connectivity index (χ1) is 10.7. The van der Waals surface area contributed by atoms with E-state index in [1.165, 1.54) is 25.1 Å². The van der Waals surface area contributed by atoms with Crippen LogP contribution in [0.4, 0.5) is 10.3 Å². The quantitative estimate of drug-likeness (QED) is 0.885. The van der Waals surface area contributed by atoms with E-state index in [2.05, 4.69) is 10.5 Å². The van der Waals surface area contributed by atoms with E-state index in [1.54, 1.807) is 6.92 Å². The topological polar surface area (TPSA) is 89.3 Å². The summed E-state index contributed by atoms with van der Waals surface area (Å²) in [6.45, 7) is 2.86. The maximum Gasteiger partial charge on any atom is 0.244 e. The van der Waals surface area contributed by atoms with Gasteiger partial charge in [0, 0.05) is 16.7 Å². The highest BCUT2D eigenvalue weighted by Gasteiger charge is 2.30. The summed E-state index contributed by atoms with van der Waals surface area (Å²) in [7, 11) is -3.97. The number of benzene rings is 1. The first-order valence-electron chi connectivity index (χ1n) is 6.59. The highest BCUT2D eigenvalue weighted by molar-refractivity contribution is 7.92. The van der Waals surface area contributed by atoms with E-state index < -0.39 is 32.6 Å². The lowest BCUT2D eigenvalue weighted by Crippen LogP contribution is -2.33. The second-order valence-electron chi connectivity index (χ2n) is 4.97. The minimum absolute atomic E-state index is 0.00737. The third-order valence-electron chi connectivity index (χ3n) is 3.19. The van der Waals surface area contributed by atoms with Gasteiger partial charge < -0.3 is 4.52 Å². The van der Waals surface area contributed by atoms with E-state index in [0.29, 0.717) is 5.69 Å². The lowest BCUT2D eigenvalue weighted by molar-refractivity contribution is -0.115. The van der Waals surface area contributed by atoms with Gasteiger partial charge in [0.05, 0.1) is 11.4 Å². The van der Waals surface area contributed by atoms with E-state index in [4.69, 9.17) is 16.1 Å². The lowest BCUT2D eigenvalue weighted by Gasteiger charge is -2.13. The molecule has 0 fully saturated rings. The number of nitrogens with one attached hydrogen (secondary N) is 1. The Bertz CT molecular complexity index is 815. The van der Waals surface area contributed by atoms with Crippen molar-refractivity contribution in [3.8, 4) is 0 Å². The van der Waals surface area contributed by atoms with Gasteiger partial charge in [-0.25, -0.2) is 12.8 Å². The van der Waals surface area contributed by atoms with E-state index in [1.807, 2.05) is 0 Å². The Morgan fingerprint density at radius 2 is 2.17 bits per heavy atom. The third kappa shape index (κ3) is 4.08. The van der Waals surface area contributed by atoms with Crippen molar-refractivity contribution in [3.63, 3.8) is 0 Å². The molecule has 1 amide bonds. The predicted molar refractivity (Wildman–Crippen MR) is 83.4 cm³/mol. The molecular weight excluding hydrogens is 347 g/mol. The van der Waals surface area contributed by atoms with Crippen LogP contribution in [-0.4, -0.2) is 24.7 Å². The Balaban J connectivity index is 2.16. The molecule has 2 rings (SSSR count). The fourth-order valence-electron chi connectivity index (χ4n) is 1.81. The number of carbonyl (C=O) groups excluding carboxylic acids is 1. The van der Waals surface area contributed by atoms with Crippen LogP contribution in [0.5, 0.6) is 0 Å². The van der Waals surface area contributed by atoms with Gasteiger partial charge in [-0.05, 0) is 26.0 Å². The number of nitrogens with zero attached hydrogens (tertiary/aromatic N) is 1. The Hall–Kier alpha value is -1.93. The number of aromatic nitrogens is 1. The summed E-state index contributed by atoms with van der Waals surface area (Å²) >= 11 is 5.82. The smallest absolute Gasteiger partial charge is 0.244 e. The van der Waals surface area contributed by atoms with Gasteiger partial charge in [-0.1, -0.05) is 22.8 Å². The van der Waals surface area contributed by atoms with Crippen LogP contribution >= 0.6 is 11.6 Å². The van der Waals surface area contributed by atoms with Crippen molar-refractivity contribution < 1.29 is 22.1 Å². The Morgan fingerprint density at radius 3 is 2.74 bits per heavy atom. The van der Waals surface area contributed by atoms with Crippen molar-refractivity contribution in [1.82, 2.24) is 5.16 Å². The van der Waals surface area contributed by atoms with Crippen LogP contribution in [0, 0.1) is 12.7 Å². The molecule has 0 radical (unpaired) electrons. The molecule has 0 aliphatic carbocycles. The van der Waals surface area contributed by atoms with Crippen molar-refractivity contribution in [3.05, 3.63) is 46.4 Å². The van der Waals surface area contributed by atoms with Gasteiger partial charge >= 0.3 is 0 Å². The molecule has 1 atom stereocenters.